The van der Waals surface area contributed by atoms with Crippen LogP contribution >= 0.6 is 0 Å². The van der Waals surface area contributed by atoms with Gasteiger partial charge < -0.3 is 26.2 Å². The van der Waals surface area contributed by atoms with Crippen molar-refractivity contribution in [3.63, 3.8) is 0 Å². The molecule has 0 unspecified atom stereocenters. The fourth-order valence-electron chi connectivity index (χ4n) is 4.36. The maximum absolute atomic E-state index is 12.8. The molecule has 0 spiro atoms. The van der Waals surface area contributed by atoms with Crippen molar-refractivity contribution in [3.8, 4) is 11.3 Å². The van der Waals surface area contributed by atoms with E-state index in [2.05, 4.69) is 55.3 Å². The van der Waals surface area contributed by atoms with Crippen molar-refractivity contribution in [2.45, 2.75) is 13.0 Å². The van der Waals surface area contributed by atoms with Gasteiger partial charge in [-0.15, -0.1) is 0 Å². The molecule has 5 N–H and O–H groups in total. The third-order valence-corrected chi connectivity index (χ3v) is 6.38. The molecule has 3 aromatic rings. The van der Waals surface area contributed by atoms with Crippen LogP contribution in [0.25, 0.3) is 11.3 Å². The second kappa shape index (κ2) is 9.14. The highest BCUT2D eigenvalue weighted by molar-refractivity contribution is 5.88. The van der Waals surface area contributed by atoms with Gasteiger partial charge in [0, 0.05) is 50.9 Å². The van der Waals surface area contributed by atoms with Crippen molar-refractivity contribution < 1.29 is 4.79 Å². The zero-order chi connectivity index (χ0) is 23.7. The number of pyridine rings is 1. The lowest BCUT2D eigenvalue weighted by molar-refractivity contribution is 0.206. The van der Waals surface area contributed by atoms with Gasteiger partial charge in [-0.25, -0.2) is 14.8 Å². The van der Waals surface area contributed by atoms with E-state index in [1.807, 2.05) is 6.07 Å². The molecule has 2 amide bonds. The number of carbonyl (C=O) groups is 1. The molecule has 1 aromatic carbocycles. The minimum absolute atomic E-state index is 0.183. The van der Waals surface area contributed by atoms with Crippen LogP contribution in [0, 0.1) is 0 Å². The van der Waals surface area contributed by atoms with E-state index in [9.17, 15) is 4.79 Å². The highest BCUT2D eigenvalue weighted by Gasteiger charge is 2.22. The summed E-state index contributed by atoms with van der Waals surface area (Å²) in [7, 11) is 2.13. The number of urea groups is 1. The number of rotatable bonds is 3. The summed E-state index contributed by atoms with van der Waals surface area (Å²) in [5.74, 6) is 1.60. The molecule has 2 aliphatic rings. The molecule has 10 heteroatoms. The monoisotopic (exact) mass is 459 g/mol. The Morgan fingerprint density at radius 1 is 0.971 bits per heavy atom. The molecule has 0 saturated carbocycles. The predicted octanol–water partition coefficient (Wildman–Crippen LogP) is 2.04. The van der Waals surface area contributed by atoms with Crippen LogP contribution in [0.4, 0.5) is 28.1 Å². The first kappa shape index (κ1) is 21.9. The Balaban J connectivity index is 1.34. The minimum Gasteiger partial charge on any atom is -0.397 e. The first-order valence-electron chi connectivity index (χ1n) is 11.4. The van der Waals surface area contributed by atoms with E-state index >= 15 is 0 Å². The highest BCUT2D eigenvalue weighted by atomic mass is 16.2. The lowest BCUT2D eigenvalue weighted by Crippen LogP contribution is -2.44. The van der Waals surface area contributed by atoms with Gasteiger partial charge in [-0.1, -0.05) is 12.1 Å². The number of anilines is 4. The second-order valence-corrected chi connectivity index (χ2v) is 8.82. The van der Waals surface area contributed by atoms with Crippen molar-refractivity contribution in [1.82, 2.24) is 24.8 Å². The molecule has 0 bridgehead atoms. The van der Waals surface area contributed by atoms with Gasteiger partial charge in [-0.05, 0) is 42.8 Å². The van der Waals surface area contributed by atoms with E-state index in [0.717, 1.165) is 55.2 Å². The van der Waals surface area contributed by atoms with Crippen LogP contribution in [0.5, 0.6) is 0 Å². The number of aromatic nitrogens is 3. The van der Waals surface area contributed by atoms with Gasteiger partial charge in [0.2, 0.25) is 5.95 Å². The second-order valence-electron chi connectivity index (χ2n) is 8.82. The lowest BCUT2D eigenvalue weighted by atomic mass is 9.96. The van der Waals surface area contributed by atoms with E-state index in [1.54, 1.807) is 17.0 Å². The standard InChI is InChI=1S/C24H29N9O/c1-31-8-10-32(11-9-31)22-13-20(28-23(26)30-22)17-3-2-16-6-7-33(15-18(16)12-17)24(34)29-21-5-4-19(25)14-27-21/h2-5,12-14H,6-11,15,25H2,1H3,(H2,26,28,30)(H,27,29,34). The summed E-state index contributed by atoms with van der Waals surface area (Å²) in [6.45, 7) is 4.94. The number of nitrogens with one attached hydrogen (secondary N) is 1. The van der Waals surface area contributed by atoms with E-state index in [-0.39, 0.29) is 12.0 Å². The normalized spacial score (nSPS) is 16.3. The van der Waals surface area contributed by atoms with E-state index < -0.39 is 0 Å². The molecule has 2 aliphatic heterocycles. The van der Waals surface area contributed by atoms with Gasteiger partial charge in [-0.3, -0.25) is 5.32 Å². The highest BCUT2D eigenvalue weighted by Crippen LogP contribution is 2.28. The zero-order valence-electron chi connectivity index (χ0n) is 19.2. The molecule has 0 radical (unpaired) electrons. The number of carbonyl (C=O) groups excluding carboxylic acids is 1. The summed E-state index contributed by atoms with van der Waals surface area (Å²) in [4.78, 5) is 32.3. The molecular weight excluding hydrogens is 430 g/mol. The summed E-state index contributed by atoms with van der Waals surface area (Å²) in [6, 6.07) is 11.5. The molecule has 34 heavy (non-hydrogen) atoms. The average molecular weight is 460 g/mol. The topological polar surface area (TPSA) is 130 Å². The molecule has 0 aliphatic carbocycles. The predicted molar refractivity (Wildman–Crippen MR) is 133 cm³/mol. The van der Waals surface area contributed by atoms with E-state index in [1.165, 1.54) is 11.8 Å². The van der Waals surface area contributed by atoms with Crippen LogP contribution in [0.3, 0.4) is 0 Å². The largest absolute Gasteiger partial charge is 0.397 e. The summed E-state index contributed by atoms with van der Waals surface area (Å²) < 4.78 is 0. The van der Waals surface area contributed by atoms with Crippen LogP contribution in [0.15, 0.2) is 42.6 Å². The van der Waals surface area contributed by atoms with Gasteiger partial charge >= 0.3 is 6.03 Å². The number of fused-ring (bicyclic) bond motifs is 1. The summed E-state index contributed by atoms with van der Waals surface area (Å²) in [5.41, 5.74) is 16.4. The maximum Gasteiger partial charge on any atom is 0.323 e. The first-order chi connectivity index (χ1) is 16.4. The van der Waals surface area contributed by atoms with Gasteiger partial charge in [0.1, 0.15) is 11.6 Å². The Morgan fingerprint density at radius 3 is 2.56 bits per heavy atom. The van der Waals surface area contributed by atoms with Crippen molar-refractivity contribution >= 4 is 29.3 Å². The molecule has 1 saturated heterocycles. The molecule has 2 aromatic heterocycles. The van der Waals surface area contributed by atoms with Gasteiger partial charge in [0.25, 0.3) is 0 Å². The Bertz CT molecular complexity index is 1190. The Labute approximate surface area is 198 Å². The van der Waals surface area contributed by atoms with E-state index in [4.69, 9.17) is 11.5 Å². The molecule has 4 heterocycles. The smallest absolute Gasteiger partial charge is 0.323 e. The lowest BCUT2D eigenvalue weighted by Gasteiger charge is -2.33. The number of nitrogen functional groups attached to an aromatic ring is 2. The fourth-order valence-corrected chi connectivity index (χ4v) is 4.36. The molecule has 176 valence electrons. The van der Waals surface area contributed by atoms with Crippen LogP contribution in [-0.4, -0.2) is 70.6 Å². The summed E-state index contributed by atoms with van der Waals surface area (Å²) in [5, 5.41) is 2.84. The summed E-state index contributed by atoms with van der Waals surface area (Å²) in [6.07, 6.45) is 2.31. The first-order valence-corrected chi connectivity index (χ1v) is 11.4. The zero-order valence-corrected chi connectivity index (χ0v) is 19.2. The summed E-state index contributed by atoms with van der Waals surface area (Å²) >= 11 is 0. The molecule has 0 atom stereocenters. The van der Waals surface area contributed by atoms with Gasteiger partial charge in [0.05, 0.1) is 17.6 Å². The molecular formula is C24H29N9O. The molecule has 10 nitrogen and oxygen atoms in total. The number of likely N-dealkylation sites (N-methyl/N-ethyl adjacent to an activating group) is 1. The minimum atomic E-state index is -0.183. The third kappa shape index (κ3) is 4.72. The van der Waals surface area contributed by atoms with E-state index in [0.29, 0.717) is 24.6 Å². The third-order valence-electron chi connectivity index (χ3n) is 6.38. The van der Waals surface area contributed by atoms with Crippen molar-refractivity contribution in [3.05, 3.63) is 53.7 Å². The van der Waals surface area contributed by atoms with Crippen molar-refractivity contribution in [1.29, 1.82) is 0 Å². The van der Waals surface area contributed by atoms with Crippen LogP contribution in [0.2, 0.25) is 0 Å². The number of benzene rings is 1. The van der Waals surface area contributed by atoms with Gasteiger partial charge in [-0.2, -0.15) is 4.98 Å². The van der Waals surface area contributed by atoms with Crippen molar-refractivity contribution in [2.75, 3.05) is 61.5 Å². The fraction of sp³-hybridized carbons (Fsp3) is 0.333. The number of hydrogen-bond acceptors (Lipinski definition) is 8. The quantitative estimate of drug-likeness (QED) is 0.543. The average Bonchev–Trinajstić information content (AvgIpc) is 2.85. The number of nitrogens with two attached hydrogens (primary N) is 2. The Kier molecular flexibility index (Phi) is 5.89. The number of hydrogen-bond donors (Lipinski definition) is 3. The van der Waals surface area contributed by atoms with Crippen molar-refractivity contribution in [2.24, 2.45) is 0 Å². The molecule has 5 rings (SSSR count). The maximum atomic E-state index is 12.8. The van der Waals surface area contributed by atoms with Crippen LogP contribution in [-0.2, 0) is 13.0 Å². The number of amides is 2. The molecule has 1 fully saturated rings. The van der Waals surface area contributed by atoms with Crippen LogP contribution in [0.1, 0.15) is 11.1 Å². The Morgan fingerprint density at radius 2 is 1.79 bits per heavy atom. The number of nitrogens with zero attached hydrogens (tertiary/aromatic N) is 6. The van der Waals surface area contributed by atoms with Gasteiger partial charge in [0.15, 0.2) is 0 Å². The SMILES string of the molecule is CN1CCN(c2cc(-c3ccc4c(c3)CN(C(=O)Nc3ccc(N)cn3)CC4)nc(N)n2)CC1. The van der Waals surface area contributed by atoms with Crippen LogP contribution < -0.4 is 21.7 Å². The number of piperazine rings is 1. The Hall–Kier alpha value is -3.92.